The van der Waals surface area contributed by atoms with Crippen molar-refractivity contribution in [3.8, 4) is 5.75 Å². The topological polar surface area (TPSA) is 62.4 Å². The van der Waals surface area contributed by atoms with Crippen LogP contribution >= 0.6 is 0 Å². The first kappa shape index (κ1) is 15.9. The van der Waals surface area contributed by atoms with E-state index in [1.54, 1.807) is 12.1 Å². The first-order chi connectivity index (χ1) is 9.93. The van der Waals surface area contributed by atoms with Crippen molar-refractivity contribution in [1.29, 1.82) is 0 Å². The van der Waals surface area contributed by atoms with E-state index < -0.39 is 10.1 Å². The minimum atomic E-state index is -3.49. The molecule has 0 aliphatic heterocycles. The number of benzene rings is 1. The molecule has 2 aromatic rings. The first-order valence-corrected chi connectivity index (χ1v) is 8.96. The summed E-state index contributed by atoms with van der Waals surface area (Å²) in [4.78, 5) is 5.57. The maximum atomic E-state index is 11.2. The fraction of sp³-hybridized carbons (Fsp3) is 0.467. The third kappa shape index (κ3) is 4.22. The summed E-state index contributed by atoms with van der Waals surface area (Å²) in [5, 5.41) is 1.02. The quantitative estimate of drug-likeness (QED) is 0.798. The lowest BCUT2D eigenvalue weighted by atomic mass is 10.1. The first-order valence-electron chi connectivity index (χ1n) is 7.14. The van der Waals surface area contributed by atoms with Crippen LogP contribution in [0.3, 0.4) is 0 Å². The van der Waals surface area contributed by atoms with Gasteiger partial charge in [0.15, 0.2) is 0 Å². The normalized spacial score (nSPS) is 12.2. The Kier molecular flexibility index (Phi) is 4.90. The molecule has 0 bridgehead atoms. The fourth-order valence-corrected chi connectivity index (χ4v) is 2.86. The number of hydrogen-bond acceptors (Lipinski definition) is 4. The highest BCUT2D eigenvalue weighted by atomic mass is 32.2. The molecule has 5 nitrogen and oxygen atoms in total. The Morgan fingerprint density at radius 1 is 1.24 bits per heavy atom. The number of hydrogen-bond donors (Lipinski definition) is 1. The van der Waals surface area contributed by atoms with Crippen molar-refractivity contribution in [3.05, 3.63) is 30.0 Å². The molecular formula is C15H22N2O3S. The predicted octanol–water partition coefficient (Wildman–Crippen LogP) is 2.39. The summed E-state index contributed by atoms with van der Waals surface area (Å²) in [5.41, 5.74) is 2.17. The molecule has 0 spiro atoms. The van der Waals surface area contributed by atoms with Gasteiger partial charge in [-0.2, -0.15) is 8.42 Å². The summed E-state index contributed by atoms with van der Waals surface area (Å²) in [6, 6.07) is 5.29. The highest BCUT2D eigenvalue weighted by molar-refractivity contribution is 7.86. The van der Waals surface area contributed by atoms with Crippen LogP contribution in [0, 0.1) is 0 Å². The van der Waals surface area contributed by atoms with Crippen LogP contribution in [0.1, 0.15) is 19.4 Å². The van der Waals surface area contributed by atoms with Crippen LogP contribution in [0.25, 0.3) is 10.9 Å². The largest absolute Gasteiger partial charge is 0.383 e. The van der Waals surface area contributed by atoms with E-state index in [-0.39, 0.29) is 0 Å². The number of nitrogens with zero attached hydrogens (tertiary/aromatic N) is 1. The smallest absolute Gasteiger partial charge is 0.306 e. The zero-order chi connectivity index (χ0) is 15.5. The number of rotatable bonds is 7. The van der Waals surface area contributed by atoms with Gasteiger partial charge in [0.25, 0.3) is 0 Å². The Morgan fingerprint density at radius 2 is 1.95 bits per heavy atom. The predicted molar refractivity (Wildman–Crippen MR) is 85.3 cm³/mol. The van der Waals surface area contributed by atoms with Crippen molar-refractivity contribution in [2.24, 2.45) is 0 Å². The van der Waals surface area contributed by atoms with E-state index in [1.165, 1.54) is 5.56 Å². The molecule has 1 aromatic heterocycles. The zero-order valence-electron chi connectivity index (χ0n) is 12.7. The van der Waals surface area contributed by atoms with Crippen molar-refractivity contribution in [3.63, 3.8) is 0 Å². The standard InChI is InChI=1S/C15H22N2O3S/c1-4-17(5-2)9-8-12-11-16-15-7-6-13(10-14(12)15)20-21(3,18)19/h6-7,10-11,16H,4-5,8-9H2,1-3H3. The van der Waals surface area contributed by atoms with E-state index in [0.717, 1.165) is 43.2 Å². The van der Waals surface area contributed by atoms with Crippen LogP contribution in [-0.2, 0) is 16.5 Å². The average Bonchev–Trinajstić information content (AvgIpc) is 2.81. The lowest BCUT2D eigenvalue weighted by Crippen LogP contribution is -2.25. The van der Waals surface area contributed by atoms with Crippen molar-refractivity contribution >= 4 is 21.0 Å². The van der Waals surface area contributed by atoms with Gasteiger partial charge in [-0.25, -0.2) is 0 Å². The number of fused-ring (bicyclic) bond motifs is 1. The van der Waals surface area contributed by atoms with Crippen LogP contribution in [0.4, 0.5) is 0 Å². The van der Waals surface area contributed by atoms with Gasteiger partial charge >= 0.3 is 10.1 Å². The van der Waals surface area contributed by atoms with Crippen LogP contribution in [0.2, 0.25) is 0 Å². The molecule has 0 saturated carbocycles. The Balaban J connectivity index is 2.22. The van der Waals surface area contributed by atoms with Gasteiger partial charge in [0, 0.05) is 23.6 Å². The summed E-state index contributed by atoms with van der Waals surface area (Å²) < 4.78 is 27.4. The van der Waals surface area contributed by atoms with Crippen molar-refractivity contribution in [1.82, 2.24) is 9.88 Å². The van der Waals surface area contributed by atoms with Gasteiger partial charge in [-0.3, -0.25) is 0 Å². The second-order valence-electron chi connectivity index (χ2n) is 5.09. The second kappa shape index (κ2) is 6.49. The van der Waals surface area contributed by atoms with E-state index in [4.69, 9.17) is 4.18 Å². The van der Waals surface area contributed by atoms with Crippen molar-refractivity contribution in [2.75, 3.05) is 25.9 Å². The minimum Gasteiger partial charge on any atom is -0.383 e. The van der Waals surface area contributed by atoms with Gasteiger partial charge in [0.1, 0.15) is 5.75 Å². The van der Waals surface area contributed by atoms with E-state index in [0.29, 0.717) is 5.75 Å². The number of likely N-dealkylation sites (N-methyl/N-ethyl adjacent to an activating group) is 1. The van der Waals surface area contributed by atoms with E-state index in [9.17, 15) is 8.42 Å². The summed E-state index contributed by atoms with van der Waals surface area (Å²) >= 11 is 0. The van der Waals surface area contributed by atoms with Crippen molar-refractivity contribution < 1.29 is 12.6 Å². The molecule has 0 amide bonds. The minimum absolute atomic E-state index is 0.355. The van der Waals surface area contributed by atoms with Gasteiger partial charge < -0.3 is 14.1 Å². The monoisotopic (exact) mass is 310 g/mol. The molecule has 0 atom stereocenters. The lowest BCUT2D eigenvalue weighted by Gasteiger charge is -2.17. The van der Waals surface area contributed by atoms with Gasteiger partial charge in [-0.15, -0.1) is 0 Å². The van der Waals surface area contributed by atoms with E-state index in [2.05, 4.69) is 23.7 Å². The third-order valence-corrected chi connectivity index (χ3v) is 4.07. The SMILES string of the molecule is CCN(CC)CCc1c[nH]c2ccc(OS(C)(=O)=O)cc12. The lowest BCUT2D eigenvalue weighted by molar-refractivity contribution is 0.308. The highest BCUT2D eigenvalue weighted by Crippen LogP contribution is 2.25. The van der Waals surface area contributed by atoms with Crippen LogP contribution in [0.5, 0.6) is 5.75 Å². The molecule has 0 saturated heterocycles. The summed E-state index contributed by atoms with van der Waals surface area (Å²) in [5.74, 6) is 0.355. The highest BCUT2D eigenvalue weighted by Gasteiger charge is 2.09. The summed E-state index contributed by atoms with van der Waals surface area (Å²) in [6.07, 6.45) is 3.96. The van der Waals surface area contributed by atoms with Gasteiger partial charge in [-0.05, 0) is 43.3 Å². The number of nitrogens with one attached hydrogen (secondary N) is 1. The van der Waals surface area contributed by atoms with Crippen LogP contribution in [-0.4, -0.2) is 44.2 Å². The van der Waals surface area contributed by atoms with Gasteiger partial charge in [0.2, 0.25) is 0 Å². The van der Waals surface area contributed by atoms with E-state index >= 15 is 0 Å². The fourth-order valence-electron chi connectivity index (χ4n) is 2.41. The maximum Gasteiger partial charge on any atom is 0.306 e. The number of aromatic nitrogens is 1. The number of aromatic amines is 1. The zero-order valence-corrected chi connectivity index (χ0v) is 13.5. The average molecular weight is 310 g/mol. The molecular weight excluding hydrogens is 288 g/mol. The van der Waals surface area contributed by atoms with Crippen LogP contribution < -0.4 is 4.18 Å². The summed E-state index contributed by atoms with van der Waals surface area (Å²) in [6.45, 7) is 7.34. The molecule has 0 radical (unpaired) electrons. The van der Waals surface area contributed by atoms with Crippen LogP contribution in [0.15, 0.2) is 24.4 Å². The molecule has 2 rings (SSSR count). The Morgan fingerprint density at radius 3 is 2.57 bits per heavy atom. The molecule has 6 heteroatoms. The molecule has 0 fully saturated rings. The molecule has 0 unspecified atom stereocenters. The Bertz CT molecular complexity index is 703. The van der Waals surface area contributed by atoms with E-state index in [1.807, 2.05) is 12.3 Å². The molecule has 116 valence electrons. The van der Waals surface area contributed by atoms with Crippen molar-refractivity contribution in [2.45, 2.75) is 20.3 Å². The third-order valence-electron chi connectivity index (χ3n) is 3.58. The molecule has 1 heterocycles. The van der Waals surface area contributed by atoms with Gasteiger partial charge in [0.05, 0.1) is 6.26 Å². The molecule has 1 N–H and O–H groups in total. The second-order valence-corrected chi connectivity index (χ2v) is 6.66. The van der Waals surface area contributed by atoms with Gasteiger partial charge in [-0.1, -0.05) is 13.8 Å². The number of H-pyrrole nitrogens is 1. The molecule has 1 aromatic carbocycles. The molecule has 21 heavy (non-hydrogen) atoms. The Hall–Kier alpha value is -1.53. The summed E-state index contributed by atoms with van der Waals surface area (Å²) in [7, 11) is -3.49. The Labute approximate surface area is 126 Å². The maximum absolute atomic E-state index is 11.2. The molecule has 0 aliphatic carbocycles. The molecule has 0 aliphatic rings.